The molecule has 6 nitrogen and oxygen atoms in total. The lowest BCUT2D eigenvalue weighted by atomic mass is 10.2. The highest BCUT2D eigenvalue weighted by molar-refractivity contribution is 6.30. The van der Waals surface area contributed by atoms with Gasteiger partial charge in [0.05, 0.1) is 0 Å². The molecule has 0 unspecified atom stereocenters. The number of fused-ring (bicyclic) bond motifs is 1. The lowest BCUT2D eigenvalue weighted by Gasteiger charge is -2.07. The summed E-state index contributed by atoms with van der Waals surface area (Å²) in [4.78, 5) is 27.8. The van der Waals surface area contributed by atoms with Crippen LogP contribution in [0.3, 0.4) is 0 Å². The van der Waals surface area contributed by atoms with Crippen LogP contribution < -0.4 is 10.6 Å². The molecule has 1 aromatic heterocycles. The van der Waals surface area contributed by atoms with Crippen molar-refractivity contribution < 1.29 is 14.0 Å². The number of carbonyl (C=O) groups is 2. The number of oxazole rings is 1. The number of hydrogen-bond donors (Lipinski definition) is 2. The summed E-state index contributed by atoms with van der Waals surface area (Å²) in [5.41, 5.74) is 1.90. The van der Waals surface area contributed by atoms with Crippen LogP contribution in [0.2, 0.25) is 5.02 Å². The minimum Gasteiger partial charge on any atom is -0.443 e. The Hall–Kier alpha value is -2.86. The number of aromatic nitrogens is 1. The highest BCUT2D eigenvalue weighted by Gasteiger charge is 2.12. The SMILES string of the molecule is O=C(NC(=O)c1ccc2ncoc2c1)Nc1cccc(Cl)c1. The van der Waals surface area contributed by atoms with Crippen LogP contribution in [0.15, 0.2) is 53.3 Å². The average Bonchev–Trinajstić information content (AvgIpc) is 2.94. The van der Waals surface area contributed by atoms with Crippen molar-refractivity contribution in [3.05, 3.63) is 59.4 Å². The number of nitrogens with zero attached hydrogens (tertiary/aromatic N) is 1. The summed E-state index contributed by atoms with van der Waals surface area (Å²) >= 11 is 5.82. The van der Waals surface area contributed by atoms with Crippen LogP contribution in [-0.2, 0) is 0 Å². The lowest BCUT2D eigenvalue weighted by Crippen LogP contribution is -2.34. The first-order valence-corrected chi connectivity index (χ1v) is 6.71. The molecule has 110 valence electrons. The van der Waals surface area contributed by atoms with E-state index in [1.807, 2.05) is 0 Å². The van der Waals surface area contributed by atoms with Crippen LogP contribution in [-0.4, -0.2) is 16.9 Å². The number of hydrogen-bond acceptors (Lipinski definition) is 4. The Kier molecular flexibility index (Phi) is 3.76. The number of nitrogens with one attached hydrogen (secondary N) is 2. The maximum absolute atomic E-state index is 12.0. The number of urea groups is 1. The smallest absolute Gasteiger partial charge is 0.326 e. The highest BCUT2D eigenvalue weighted by atomic mass is 35.5. The van der Waals surface area contributed by atoms with E-state index >= 15 is 0 Å². The zero-order chi connectivity index (χ0) is 15.5. The third-order valence-corrected chi connectivity index (χ3v) is 3.14. The van der Waals surface area contributed by atoms with Gasteiger partial charge in [0.25, 0.3) is 5.91 Å². The molecule has 22 heavy (non-hydrogen) atoms. The number of amides is 3. The monoisotopic (exact) mass is 315 g/mol. The van der Waals surface area contributed by atoms with E-state index < -0.39 is 11.9 Å². The zero-order valence-corrected chi connectivity index (χ0v) is 11.9. The van der Waals surface area contributed by atoms with Gasteiger partial charge >= 0.3 is 6.03 Å². The van der Waals surface area contributed by atoms with Gasteiger partial charge < -0.3 is 9.73 Å². The molecule has 2 aromatic carbocycles. The van der Waals surface area contributed by atoms with Crippen LogP contribution in [0.25, 0.3) is 11.1 Å². The van der Waals surface area contributed by atoms with Gasteiger partial charge in [0.1, 0.15) is 5.52 Å². The van der Waals surface area contributed by atoms with Gasteiger partial charge in [-0.25, -0.2) is 9.78 Å². The van der Waals surface area contributed by atoms with Gasteiger partial charge in [-0.15, -0.1) is 0 Å². The Labute approximate surface area is 130 Å². The van der Waals surface area contributed by atoms with Crippen molar-refractivity contribution in [1.29, 1.82) is 0 Å². The van der Waals surface area contributed by atoms with Crippen molar-refractivity contribution in [2.75, 3.05) is 5.32 Å². The van der Waals surface area contributed by atoms with Gasteiger partial charge in [0.2, 0.25) is 0 Å². The van der Waals surface area contributed by atoms with Crippen molar-refractivity contribution in [1.82, 2.24) is 10.3 Å². The molecule has 0 aliphatic rings. The Morgan fingerprint density at radius 2 is 2.00 bits per heavy atom. The van der Waals surface area contributed by atoms with Crippen LogP contribution in [0.5, 0.6) is 0 Å². The summed E-state index contributed by atoms with van der Waals surface area (Å²) in [6.07, 6.45) is 1.29. The van der Waals surface area contributed by atoms with E-state index in [9.17, 15) is 9.59 Å². The first-order chi connectivity index (χ1) is 10.6. The lowest BCUT2D eigenvalue weighted by molar-refractivity contribution is 0.0967. The van der Waals surface area contributed by atoms with Gasteiger partial charge in [-0.05, 0) is 36.4 Å². The molecular weight excluding hydrogens is 306 g/mol. The molecule has 0 atom stereocenters. The summed E-state index contributed by atoms with van der Waals surface area (Å²) < 4.78 is 5.12. The molecule has 0 spiro atoms. The van der Waals surface area contributed by atoms with Gasteiger partial charge in [0.15, 0.2) is 12.0 Å². The molecule has 3 rings (SSSR count). The largest absolute Gasteiger partial charge is 0.443 e. The minimum absolute atomic E-state index is 0.297. The van der Waals surface area contributed by atoms with Crippen LogP contribution in [0.4, 0.5) is 10.5 Å². The second kappa shape index (κ2) is 5.87. The quantitative estimate of drug-likeness (QED) is 0.758. The number of anilines is 1. The van der Waals surface area contributed by atoms with Gasteiger partial charge in [-0.2, -0.15) is 0 Å². The number of halogens is 1. The van der Waals surface area contributed by atoms with Crippen molar-refractivity contribution in [3.8, 4) is 0 Å². The Morgan fingerprint density at radius 3 is 2.82 bits per heavy atom. The Balaban J connectivity index is 1.69. The third kappa shape index (κ3) is 3.07. The minimum atomic E-state index is -0.648. The first kappa shape index (κ1) is 14.1. The normalized spacial score (nSPS) is 10.4. The molecule has 0 bridgehead atoms. The standard InChI is InChI=1S/C15H10ClN3O3/c16-10-2-1-3-11(7-10)18-15(21)19-14(20)9-4-5-12-13(6-9)22-8-17-12/h1-8H,(H2,18,19,20,21). The molecule has 1 heterocycles. The van der Waals surface area contributed by atoms with E-state index in [4.69, 9.17) is 16.0 Å². The second-order valence-electron chi connectivity index (χ2n) is 4.45. The predicted octanol–water partition coefficient (Wildman–Crippen LogP) is 3.44. The first-order valence-electron chi connectivity index (χ1n) is 6.33. The second-order valence-corrected chi connectivity index (χ2v) is 4.89. The molecule has 0 aliphatic carbocycles. The van der Waals surface area contributed by atoms with Crippen molar-refractivity contribution in [3.63, 3.8) is 0 Å². The van der Waals surface area contributed by atoms with Crippen molar-refractivity contribution in [2.45, 2.75) is 0 Å². The van der Waals surface area contributed by atoms with E-state index in [-0.39, 0.29) is 0 Å². The molecule has 0 saturated heterocycles. The van der Waals surface area contributed by atoms with Crippen molar-refractivity contribution in [2.24, 2.45) is 0 Å². The highest BCUT2D eigenvalue weighted by Crippen LogP contribution is 2.15. The Bertz CT molecular complexity index is 860. The maximum atomic E-state index is 12.0. The summed E-state index contributed by atoms with van der Waals surface area (Å²) in [5.74, 6) is -0.544. The average molecular weight is 316 g/mol. The molecule has 3 aromatic rings. The van der Waals surface area contributed by atoms with Gasteiger partial charge in [-0.3, -0.25) is 10.1 Å². The van der Waals surface area contributed by atoms with Gasteiger partial charge in [-0.1, -0.05) is 17.7 Å². The molecule has 0 radical (unpaired) electrons. The fraction of sp³-hybridized carbons (Fsp3) is 0. The predicted molar refractivity (Wildman–Crippen MR) is 81.9 cm³/mol. The van der Waals surface area contributed by atoms with E-state index in [2.05, 4.69) is 15.6 Å². The molecule has 7 heteroatoms. The van der Waals surface area contributed by atoms with E-state index in [0.717, 1.165) is 0 Å². The number of carbonyl (C=O) groups excluding carboxylic acids is 2. The number of imide groups is 1. The maximum Gasteiger partial charge on any atom is 0.326 e. The van der Waals surface area contributed by atoms with E-state index in [1.165, 1.54) is 12.5 Å². The summed E-state index contributed by atoms with van der Waals surface area (Å²) in [7, 11) is 0. The topological polar surface area (TPSA) is 84.2 Å². The summed E-state index contributed by atoms with van der Waals surface area (Å²) in [6, 6.07) is 10.7. The van der Waals surface area contributed by atoms with Gasteiger partial charge in [0, 0.05) is 16.3 Å². The number of rotatable bonds is 2. The molecular formula is C15H10ClN3O3. The fourth-order valence-electron chi connectivity index (χ4n) is 1.90. The van der Waals surface area contributed by atoms with Crippen molar-refractivity contribution >= 4 is 40.3 Å². The third-order valence-electron chi connectivity index (χ3n) is 2.90. The summed E-state index contributed by atoms with van der Waals surface area (Å²) in [5, 5.41) is 5.24. The molecule has 0 saturated carbocycles. The molecule has 3 amide bonds. The molecule has 2 N–H and O–H groups in total. The van der Waals surface area contributed by atoms with E-state index in [0.29, 0.717) is 27.4 Å². The summed E-state index contributed by atoms with van der Waals surface area (Å²) in [6.45, 7) is 0. The van der Waals surface area contributed by atoms with Crippen LogP contribution in [0, 0.1) is 0 Å². The fourth-order valence-corrected chi connectivity index (χ4v) is 2.09. The van der Waals surface area contributed by atoms with Crippen LogP contribution in [0.1, 0.15) is 10.4 Å². The molecule has 0 aliphatic heterocycles. The Morgan fingerprint density at radius 1 is 1.14 bits per heavy atom. The van der Waals surface area contributed by atoms with E-state index in [1.54, 1.807) is 36.4 Å². The van der Waals surface area contributed by atoms with Crippen LogP contribution >= 0.6 is 11.6 Å². The number of benzene rings is 2. The zero-order valence-electron chi connectivity index (χ0n) is 11.2. The molecule has 0 fully saturated rings.